The van der Waals surface area contributed by atoms with Crippen LogP contribution in [0.4, 0.5) is 0 Å². The molecule has 0 heterocycles. The number of rotatable bonds is 9. The summed E-state index contributed by atoms with van der Waals surface area (Å²) in [5.41, 5.74) is 0.00905. The minimum absolute atomic E-state index is 0.00905. The first-order chi connectivity index (χ1) is 7.93. The number of aliphatic carboxylic acids is 1. The second-order valence-electron chi connectivity index (χ2n) is 5.12. The van der Waals surface area contributed by atoms with Crippen LogP contribution in [0.25, 0.3) is 0 Å². The van der Waals surface area contributed by atoms with Crippen LogP contribution in [0.5, 0.6) is 0 Å². The van der Waals surface area contributed by atoms with E-state index in [-0.39, 0.29) is 17.9 Å². The smallest absolute Gasteiger partial charge is 0.303 e. The van der Waals surface area contributed by atoms with Crippen LogP contribution in [0.15, 0.2) is 0 Å². The van der Waals surface area contributed by atoms with Gasteiger partial charge in [0.25, 0.3) is 0 Å². The van der Waals surface area contributed by atoms with E-state index in [0.717, 1.165) is 18.6 Å². The second-order valence-corrected chi connectivity index (χ2v) is 6.15. The molecule has 1 aliphatic carbocycles. The molecule has 0 spiro atoms. The zero-order valence-corrected chi connectivity index (χ0v) is 11.3. The molecule has 1 rings (SSSR count). The maximum Gasteiger partial charge on any atom is 0.303 e. The SMILES string of the molecule is CC(C)OCC(O)CSCC1(CC(=O)O)CC1. The number of hydrogen-bond acceptors (Lipinski definition) is 4. The van der Waals surface area contributed by atoms with Gasteiger partial charge in [0.1, 0.15) is 0 Å². The lowest BCUT2D eigenvalue weighted by molar-refractivity contribution is -0.138. The Hall–Kier alpha value is -0.260. The molecule has 0 radical (unpaired) electrons. The number of carboxylic acids is 1. The van der Waals surface area contributed by atoms with Crippen molar-refractivity contribution in [1.29, 1.82) is 0 Å². The van der Waals surface area contributed by atoms with Gasteiger partial charge in [-0.05, 0) is 37.9 Å². The molecule has 100 valence electrons. The lowest BCUT2D eigenvalue weighted by Gasteiger charge is -2.15. The molecule has 1 saturated carbocycles. The standard InChI is InChI=1S/C12H22O4S/c1-9(2)16-6-10(13)7-17-8-12(3-4-12)5-11(14)15/h9-10,13H,3-8H2,1-2H3,(H,14,15). The molecule has 1 atom stereocenters. The Bertz CT molecular complexity index is 251. The van der Waals surface area contributed by atoms with Gasteiger partial charge in [0, 0.05) is 5.75 Å². The molecule has 1 fully saturated rings. The van der Waals surface area contributed by atoms with Crippen molar-refractivity contribution in [2.24, 2.45) is 5.41 Å². The molecule has 1 unspecified atom stereocenters. The average Bonchev–Trinajstić information content (AvgIpc) is 2.94. The Morgan fingerprint density at radius 1 is 1.47 bits per heavy atom. The molecule has 2 N–H and O–H groups in total. The highest BCUT2D eigenvalue weighted by Gasteiger charge is 2.44. The number of aliphatic hydroxyl groups is 1. The van der Waals surface area contributed by atoms with Gasteiger partial charge in [-0.2, -0.15) is 11.8 Å². The number of aliphatic hydroxyl groups excluding tert-OH is 1. The third-order valence-corrected chi connectivity index (χ3v) is 4.26. The van der Waals surface area contributed by atoms with Crippen molar-refractivity contribution < 1.29 is 19.7 Å². The number of thioether (sulfide) groups is 1. The minimum atomic E-state index is -0.716. The van der Waals surface area contributed by atoms with Crippen LogP contribution in [-0.2, 0) is 9.53 Å². The van der Waals surface area contributed by atoms with Gasteiger partial charge in [-0.15, -0.1) is 0 Å². The normalized spacial score (nSPS) is 19.3. The molecule has 0 amide bonds. The first-order valence-electron chi connectivity index (χ1n) is 6.03. The van der Waals surface area contributed by atoms with E-state index in [1.165, 1.54) is 0 Å². The largest absolute Gasteiger partial charge is 0.481 e. The molecular weight excluding hydrogens is 240 g/mol. The highest BCUT2D eigenvalue weighted by atomic mass is 32.2. The van der Waals surface area contributed by atoms with Gasteiger partial charge in [-0.1, -0.05) is 0 Å². The molecule has 0 aromatic heterocycles. The Morgan fingerprint density at radius 3 is 2.59 bits per heavy atom. The summed E-state index contributed by atoms with van der Waals surface area (Å²) in [7, 11) is 0. The molecular formula is C12H22O4S. The van der Waals surface area contributed by atoms with Crippen molar-refractivity contribution >= 4 is 17.7 Å². The average molecular weight is 262 g/mol. The first-order valence-corrected chi connectivity index (χ1v) is 7.18. The van der Waals surface area contributed by atoms with Crippen LogP contribution in [0.3, 0.4) is 0 Å². The number of carbonyl (C=O) groups is 1. The topological polar surface area (TPSA) is 66.8 Å². The fraction of sp³-hybridized carbons (Fsp3) is 0.917. The predicted octanol–water partition coefficient (Wildman–Crippen LogP) is 1.76. The van der Waals surface area contributed by atoms with Crippen LogP contribution in [-0.4, -0.2) is 46.5 Å². The Balaban J connectivity index is 2.09. The molecule has 17 heavy (non-hydrogen) atoms. The van der Waals surface area contributed by atoms with Crippen molar-refractivity contribution in [1.82, 2.24) is 0 Å². The van der Waals surface area contributed by atoms with Crippen LogP contribution >= 0.6 is 11.8 Å². The zero-order chi connectivity index (χ0) is 12.9. The highest BCUT2D eigenvalue weighted by Crippen LogP contribution is 2.51. The third-order valence-electron chi connectivity index (χ3n) is 2.82. The Morgan fingerprint density at radius 2 is 2.12 bits per heavy atom. The van der Waals surface area contributed by atoms with Crippen LogP contribution in [0.1, 0.15) is 33.1 Å². The van der Waals surface area contributed by atoms with E-state index < -0.39 is 12.1 Å². The van der Waals surface area contributed by atoms with Crippen molar-refractivity contribution in [3.8, 4) is 0 Å². The van der Waals surface area contributed by atoms with E-state index in [4.69, 9.17) is 9.84 Å². The van der Waals surface area contributed by atoms with Gasteiger partial charge in [0.05, 0.1) is 25.2 Å². The summed E-state index contributed by atoms with van der Waals surface area (Å²) in [4.78, 5) is 10.7. The van der Waals surface area contributed by atoms with Gasteiger partial charge < -0.3 is 14.9 Å². The molecule has 0 aliphatic heterocycles. The molecule has 4 nitrogen and oxygen atoms in total. The summed E-state index contributed by atoms with van der Waals surface area (Å²) in [6, 6.07) is 0. The maximum absolute atomic E-state index is 10.7. The fourth-order valence-electron chi connectivity index (χ4n) is 1.63. The fourth-order valence-corrected chi connectivity index (χ4v) is 2.94. The van der Waals surface area contributed by atoms with Crippen molar-refractivity contribution in [2.75, 3.05) is 18.1 Å². The Labute approximate surface area is 107 Å². The Kier molecular flexibility index (Phi) is 5.76. The minimum Gasteiger partial charge on any atom is -0.481 e. The van der Waals surface area contributed by atoms with Gasteiger partial charge in [-0.3, -0.25) is 4.79 Å². The van der Waals surface area contributed by atoms with E-state index in [2.05, 4.69) is 0 Å². The quantitative estimate of drug-likeness (QED) is 0.663. The van der Waals surface area contributed by atoms with Crippen molar-refractivity contribution in [2.45, 2.75) is 45.3 Å². The number of ether oxygens (including phenoxy) is 1. The van der Waals surface area contributed by atoms with Crippen LogP contribution in [0.2, 0.25) is 0 Å². The molecule has 0 bridgehead atoms. The summed E-state index contributed by atoms with van der Waals surface area (Å²) in [6.07, 6.45) is 1.95. The van der Waals surface area contributed by atoms with E-state index in [9.17, 15) is 9.90 Å². The zero-order valence-electron chi connectivity index (χ0n) is 10.5. The van der Waals surface area contributed by atoms with Crippen molar-refractivity contribution in [3.63, 3.8) is 0 Å². The summed E-state index contributed by atoms with van der Waals surface area (Å²) in [5.74, 6) is 0.735. The molecule has 5 heteroatoms. The maximum atomic E-state index is 10.7. The monoisotopic (exact) mass is 262 g/mol. The van der Waals surface area contributed by atoms with Crippen LogP contribution in [0, 0.1) is 5.41 Å². The second kappa shape index (κ2) is 6.61. The summed E-state index contributed by atoms with van der Waals surface area (Å²) in [6.45, 7) is 4.23. The first kappa shape index (κ1) is 14.8. The summed E-state index contributed by atoms with van der Waals surface area (Å²) >= 11 is 1.63. The van der Waals surface area contributed by atoms with Gasteiger partial charge in [0.15, 0.2) is 0 Å². The molecule has 0 aromatic carbocycles. The third kappa shape index (κ3) is 6.29. The lowest BCUT2D eigenvalue weighted by atomic mass is 10.1. The summed E-state index contributed by atoms with van der Waals surface area (Å²) in [5, 5.41) is 18.4. The predicted molar refractivity (Wildman–Crippen MR) is 68.3 cm³/mol. The van der Waals surface area contributed by atoms with Crippen LogP contribution < -0.4 is 0 Å². The highest BCUT2D eigenvalue weighted by molar-refractivity contribution is 7.99. The molecule has 1 aliphatic rings. The number of carboxylic acid groups (broad SMARTS) is 1. The van der Waals surface area contributed by atoms with E-state index in [0.29, 0.717) is 12.4 Å². The van der Waals surface area contributed by atoms with Gasteiger partial charge in [0.2, 0.25) is 0 Å². The molecule has 0 saturated heterocycles. The van der Waals surface area contributed by atoms with Gasteiger partial charge in [-0.25, -0.2) is 0 Å². The van der Waals surface area contributed by atoms with E-state index >= 15 is 0 Å². The van der Waals surface area contributed by atoms with E-state index in [1.807, 2.05) is 13.8 Å². The van der Waals surface area contributed by atoms with Gasteiger partial charge >= 0.3 is 5.97 Å². The van der Waals surface area contributed by atoms with Crippen molar-refractivity contribution in [3.05, 3.63) is 0 Å². The van der Waals surface area contributed by atoms with E-state index in [1.54, 1.807) is 11.8 Å². The summed E-state index contributed by atoms with van der Waals surface area (Å²) < 4.78 is 5.31. The lowest BCUT2D eigenvalue weighted by Crippen LogP contribution is -2.21. The molecule has 0 aromatic rings. The number of hydrogen-bond donors (Lipinski definition) is 2.